The van der Waals surface area contributed by atoms with Crippen molar-refractivity contribution in [2.24, 2.45) is 5.92 Å². The molecule has 0 aromatic heterocycles. The van der Waals surface area contributed by atoms with Gasteiger partial charge in [0.25, 0.3) is 0 Å². The third-order valence-electron chi connectivity index (χ3n) is 3.93. The van der Waals surface area contributed by atoms with Gasteiger partial charge < -0.3 is 0 Å². The van der Waals surface area contributed by atoms with Crippen LogP contribution in [-0.2, 0) is 6.42 Å². The van der Waals surface area contributed by atoms with E-state index >= 15 is 0 Å². The number of hydrogen-bond acceptors (Lipinski definition) is 0. The van der Waals surface area contributed by atoms with Gasteiger partial charge in [-0.3, -0.25) is 0 Å². The summed E-state index contributed by atoms with van der Waals surface area (Å²) in [5.41, 5.74) is 1.35. The van der Waals surface area contributed by atoms with Crippen molar-refractivity contribution in [3.05, 3.63) is 34.3 Å². The lowest BCUT2D eigenvalue weighted by molar-refractivity contribution is 0.419. The summed E-state index contributed by atoms with van der Waals surface area (Å²) in [5, 5.41) is 0.300. The minimum Gasteiger partial charge on any atom is -0.123 e. The highest BCUT2D eigenvalue weighted by Gasteiger charge is 2.16. The van der Waals surface area contributed by atoms with E-state index in [4.69, 9.17) is 11.6 Å². The average Bonchev–Trinajstić information content (AvgIpc) is 2.61. The first kappa shape index (κ1) is 14.4. The molecule has 1 unspecified atom stereocenters. The van der Waals surface area contributed by atoms with E-state index in [2.05, 4.69) is 40.2 Å². The van der Waals surface area contributed by atoms with Crippen molar-refractivity contribution < 1.29 is 0 Å². The van der Waals surface area contributed by atoms with Crippen molar-refractivity contribution in [2.75, 3.05) is 0 Å². The molecule has 0 nitrogen and oxygen atoms in total. The summed E-state index contributed by atoms with van der Waals surface area (Å²) >= 11 is 10.00. The predicted molar refractivity (Wildman–Crippen MR) is 83.3 cm³/mol. The molecule has 0 amide bonds. The van der Waals surface area contributed by atoms with E-state index in [1.807, 2.05) is 0 Å². The maximum atomic E-state index is 6.53. The van der Waals surface area contributed by atoms with Crippen molar-refractivity contribution in [2.45, 2.75) is 56.7 Å². The molecule has 0 N–H and O–H groups in total. The minimum atomic E-state index is 0.300. The molecule has 0 bridgehead atoms. The molecule has 1 fully saturated rings. The summed E-state index contributed by atoms with van der Waals surface area (Å²) in [6, 6.07) is 8.55. The Balaban J connectivity index is 1.80. The van der Waals surface area contributed by atoms with E-state index in [0.29, 0.717) is 5.38 Å². The number of alkyl halides is 1. The van der Waals surface area contributed by atoms with Crippen molar-refractivity contribution in [3.63, 3.8) is 0 Å². The van der Waals surface area contributed by atoms with Crippen molar-refractivity contribution in [3.8, 4) is 0 Å². The zero-order valence-corrected chi connectivity index (χ0v) is 13.2. The maximum absolute atomic E-state index is 6.53. The van der Waals surface area contributed by atoms with Crippen LogP contribution in [0.3, 0.4) is 0 Å². The SMILES string of the molecule is ClC(Cc1ccc(Br)cc1)CC1CCCCCC1. The second-order valence-electron chi connectivity index (χ2n) is 5.52. The maximum Gasteiger partial charge on any atom is 0.0379 e. The van der Waals surface area contributed by atoms with Crippen LogP contribution in [0.1, 0.15) is 50.5 Å². The number of rotatable bonds is 4. The third-order valence-corrected chi connectivity index (χ3v) is 4.80. The Kier molecular flexibility index (Phi) is 6.04. The van der Waals surface area contributed by atoms with Crippen LogP contribution in [0.4, 0.5) is 0 Å². The minimum absolute atomic E-state index is 0.300. The summed E-state index contributed by atoms with van der Waals surface area (Å²) in [6.45, 7) is 0. The molecule has 0 heterocycles. The highest BCUT2D eigenvalue weighted by atomic mass is 79.9. The van der Waals surface area contributed by atoms with Crippen molar-refractivity contribution >= 4 is 27.5 Å². The van der Waals surface area contributed by atoms with Crippen LogP contribution in [0.5, 0.6) is 0 Å². The van der Waals surface area contributed by atoms with E-state index in [9.17, 15) is 0 Å². The monoisotopic (exact) mass is 328 g/mol. The van der Waals surface area contributed by atoms with Crippen molar-refractivity contribution in [1.82, 2.24) is 0 Å². The van der Waals surface area contributed by atoms with E-state index in [1.54, 1.807) is 0 Å². The van der Waals surface area contributed by atoms with Gasteiger partial charge in [-0.05, 0) is 36.5 Å². The van der Waals surface area contributed by atoms with E-state index < -0.39 is 0 Å². The second kappa shape index (κ2) is 7.55. The van der Waals surface area contributed by atoms with Crippen LogP contribution in [0.2, 0.25) is 0 Å². The van der Waals surface area contributed by atoms with E-state index in [0.717, 1.165) is 16.8 Å². The largest absolute Gasteiger partial charge is 0.123 e. The molecule has 1 aromatic rings. The summed E-state index contributed by atoms with van der Waals surface area (Å²) < 4.78 is 1.14. The van der Waals surface area contributed by atoms with Gasteiger partial charge in [-0.15, -0.1) is 11.6 Å². The second-order valence-corrected chi connectivity index (χ2v) is 7.05. The molecule has 1 aromatic carbocycles. The van der Waals surface area contributed by atoms with Gasteiger partial charge in [0.2, 0.25) is 0 Å². The molecule has 2 rings (SSSR count). The molecular weight excluding hydrogens is 308 g/mol. The highest BCUT2D eigenvalue weighted by molar-refractivity contribution is 9.10. The van der Waals surface area contributed by atoms with Gasteiger partial charge in [0.1, 0.15) is 0 Å². The van der Waals surface area contributed by atoms with Gasteiger partial charge in [0.15, 0.2) is 0 Å². The van der Waals surface area contributed by atoms with Gasteiger partial charge in [0.05, 0.1) is 0 Å². The Hall–Kier alpha value is -0.0100. The standard InChI is InChI=1S/C16H22BrCl/c17-15-9-7-14(8-10-15)12-16(18)11-13-5-3-1-2-4-6-13/h7-10,13,16H,1-6,11-12H2. The Morgan fingerprint density at radius 2 is 1.67 bits per heavy atom. The molecule has 1 atom stereocenters. The molecule has 1 aliphatic carbocycles. The summed E-state index contributed by atoms with van der Waals surface area (Å²) in [5.74, 6) is 0.866. The fourth-order valence-corrected chi connectivity index (χ4v) is 3.62. The van der Waals surface area contributed by atoms with E-state index in [1.165, 1.54) is 50.5 Å². The van der Waals surface area contributed by atoms with Crippen LogP contribution >= 0.6 is 27.5 Å². The first-order chi connectivity index (χ1) is 8.74. The Morgan fingerprint density at radius 1 is 1.06 bits per heavy atom. The van der Waals surface area contributed by atoms with Crippen LogP contribution < -0.4 is 0 Å². The molecule has 0 radical (unpaired) electrons. The molecule has 1 saturated carbocycles. The Morgan fingerprint density at radius 3 is 2.28 bits per heavy atom. The molecule has 0 spiro atoms. The molecule has 100 valence electrons. The van der Waals surface area contributed by atoms with Gasteiger partial charge in [-0.2, -0.15) is 0 Å². The highest BCUT2D eigenvalue weighted by Crippen LogP contribution is 2.29. The number of benzene rings is 1. The molecule has 1 aliphatic rings. The molecular formula is C16H22BrCl. The lowest BCUT2D eigenvalue weighted by atomic mass is 9.93. The van der Waals surface area contributed by atoms with Gasteiger partial charge in [-0.1, -0.05) is 66.6 Å². The molecule has 18 heavy (non-hydrogen) atoms. The van der Waals surface area contributed by atoms with E-state index in [-0.39, 0.29) is 0 Å². The lowest BCUT2D eigenvalue weighted by Crippen LogP contribution is -2.11. The van der Waals surface area contributed by atoms with Crippen LogP contribution in [0.25, 0.3) is 0 Å². The first-order valence-electron chi connectivity index (χ1n) is 7.12. The predicted octanol–water partition coefficient (Wildman–Crippen LogP) is 5.96. The quantitative estimate of drug-likeness (QED) is 0.472. The topological polar surface area (TPSA) is 0 Å². The van der Waals surface area contributed by atoms with Gasteiger partial charge in [-0.25, -0.2) is 0 Å². The zero-order chi connectivity index (χ0) is 12.8. The lowest BCUT2D eigenvalue weighted by Gasteiger charge is -2.18. The third kappa shape index (κ3) is 4.93. The van der Waals surface area contributed by atoms with Crippen LogP contribution in [0.15, 0.2) is 28.7 Å². The smallest absolute Gasteiger partial charge is 0.0379 e. The van der Waals surface area contributed by atoms with Gasteiger partial charge in [0, 0.05) is 9.85 Å². The van der Waals surface area contributed by atoms with Crippen LogP contribution in [-0.4, -0.2) is 5.38 Å². The van der Waals surface area contributed by atoms with Crippen molar-refractivity contribution in [1.29, 1.82) is 0 Å². The Bertz CT molecular complexity index is 339. The first-order valence-corrected chi connectivity index (χ1v) is 8.35. The normalized spacial score (nSPS) is 19.4. The molecule has 0 aliphatic heterocycles. The molecule has 2 heteroatoms. The Labute approximate surface area is 124 Å². The summed E-state index contributed by atoms with van der Waals surface area (Å²) in [6.07, 6.45) is 10.7. The number of halogens is 2. The fourth-order valence-electron chi connectivity index (χ4n) is 2.92. The molecule has 0 saturated heterocycles. The average molecular weight is 330 g/mol. The zero-order valence-electron chi connectivity index (χ0n) is 10.9. The van der Waals surface area contributed by atoms with Gasteiger partial charge >= 0.3 is 0 Å². The fraction of sp³-hybridized carbons (Fsp3) is 0.625. The summed E-state index contributed by atoms with van der Waals surface area (Å²) in [4.78, 5) is 0. The van der Waals surface area contributed by atoms with Crippen LogP contribution in [0, 0.1) is 5.92 Å². The number of hydrogen-bond donors (Lipinski definition) is 0. The summed E-state index contributed by atoms with van der Waals surface area (Å²) in [7, 11) is 0.